The standard InChI is InChI=1S/C13H25N5/c1-6-18(9-7-8-17(4)5)12-11(2)10-15-13(14-3)16-12/h10H,6-9H2,1-5H3,(H,14,15,16). The predicted octanol–water partition coefficient (Wildman–Crippen LogP) is 1.60. The lowest BCUT2D eigenvalue weighted by molar-refractivity contribution is 0.400. The van der Waals surface area contributed by atoms with E-state index in [1.165, 1.54) is 0 Å². The summed E-state index contributed by atoms with van der Waals surface area (Å²) in [6.07, 6.45) is 3.02. The highest BCUT2D eigenvalue weighted by atomic mass is 15.2. The van der Waals surface area contributed by atoms with Crippen LogP contribution in [0.5, 0.6) is 0 Å². The molecule has 0 aliphatic rings. The van der Waals surface area contributed by atoms with E-state index in [0.29, 0.717) is 5.95 Å². The summed E-state index contributed by atoms with van der Waals surface area (Å²) in [7, 11) is 6.05. The largest absolute Gasteiger partial charge is 0.357 e. The molecule has 0 saturated carbocycles. The number of anilines is 2. The Morgan fingerprint density at radius 1 is 1.28 bits per heavy atom. The van der Waals surface area contributed by atoms with Crippen LogP contribution in [0.4, 0.5) is 11.8 Å². The van der Waals surface area contributed by atoms with Gasteiger partial charge in [-0.05, 0) is 40.9 Å². The summed E-state index contributed by atoms with van der Waals surface area (Å²) in [4.78, 5) is 13.3. The first-order valence-corrected chi connectivity index (χ1v) is 6.49. The third kappa shape index (κ3) is 4.14. The third-order valence-corrected chi connectivity index (χ3v) is 2.88. The summed E-state index contributed by atoms with van der Waals surface area (Å²) < 4.78 is 0. The van der Waals surface area contributed by atoms with Crippen molar-refractivity contribution in [3.05, 3.63) is 11.8 Å². The molecule has 0 bridgehead atoms. The van der Waals surface area contributed by atoms with Gasteiger partial charge in [-0.3, -0.25) is 0 Å². The Morgan fingerprint density at radius 2 is 2.00 bits per heavy atom. The lowest BCUT2D eigenvalue weighted by Gasteiger charge is -2.24. The molecular weight excluding hydrogens is 226 g/mol. The number of nitrogens with zero attached hydrogens (tertiary/aromatic N) is 4. The van der Waals surface area contributed by atoms with Gasteiger partial charge in [0.2, 0.25) is 5.95 Å². The lowest BCUT2D eigenvalue weighted by Crippen LogP contribution is -2.28. The van der Waals surface area contributed by atoms with E-state index in [1.54, 1.807) is 0 Å². The average molecular weight is 251 g/mol. The van der Waals surface area contributed by atoms with E-state index < -0.39 is 0 Å². The summed E-state index contributed by atoms with van der Waals surface area (Å²) in [6, 6.07) is 0. The van der Waals surface area contributed by atoms with Crippen molar-refractivity contribution in [3.8, 4) is 0 Å². The number of rotatable bonds is 7. The van der Waals surface area contributed by atoms with Gasteiger partial charge in [-0.15, -0.1) is 0 Å². The zero-order valence-corrected chi connectivity index (χ0v) is 12.2. The molecule has 18 heavy (non-hydrogen) atoms. The fourth-order valence-corrected chi connectivity index (χ4v) is 1.87. The number of aromatic nitrogens is 2. The van der Waals surface area contributed by atoms with E-state index in [1.807, 2.05) is 13.2 Å². The van der Waals surface area contributed by atoms with Crippen LogP contribution in [0.15, 0.2) is 6.20 Å². The van der Waals surface area contributed by atoms with Crippen molar-refractivity contribution in [1.29, 1.82) is 0 Å². The van der Waals surface area contributed by atoms with Gasteiger partial charge in [-0.1, -0.05) is 0 Å². The monoisotopic (exact) mass is 251 g/mol. The van der Waals surface area contributed by atoms with E-state index >= 15 is 0 Å². The second-order valence-corrected chi connectivity index (χ2v) is 4.69. The Balaban J connectivity index is 2.74. The highest BCUT2D eigenvalue weighted by Gasteiger charge is 2.10. The molecule has 0 aliphatic carbocycles. The van der Waals surface area contributed by atoms with Gasteiger partial charge in [-0.25, -0.2) is 4.98 Å². The topological polar surface area (TPSA) is 44.3 Å². The van der Waals surface area contributed by atoms with Crippen molar-refractivity contribution < 1.29 is 0 Å². The maximum Gasteiger partial charge on any atom is 0.224 e. The quantitative estimate of drug-likeness (QED) is 0.797. The predicted molar refractivity (Wildman–Crippen MR) is 77.4 cm³/mol. The molecule has 0 fully saturated rings. The summed E-state index contributed by atoms with van der Waals surface area (Å²) in [5.41, 5.74) is 1.13. The van der Waals surface area contributed by atoms with E-state index in [4.69, 9.17) is 0 Å². The minimum Gasteiger partial charge on any atom is -0.357 e. The molecule has 0 atom stereocenters. The van der Waals surface area contributed by atoms with Crippen LogP contribution in [0.3, 0.4) is 0 Å². The summed E-state index contributed by atoms with van der Waals surface area (Å²) in [5.74, 6) is 1.72. The minimum absolute atomic E-state index is 0.682. The molecule has 1 aromatic heterocycles. The third-order valence-electron chi connectivity index (χ3n) is 2.88. The van der Waals surface area contributed by atoms with Crippen molar-refractivity contribution in [1.82, 2.24) is 14.9 Å². The zero-order chi connectivity index (χ0) is 13.5. The van der Waals surface area contributed by atoms with Gasteiger partial charge >= 0.3 is 0 Å². The van der Waals surface area contributed by atoms with E-state index in [9.17, 15) is 0 Å². The van der Waals surface area contributed by atoms with Crippen molar-refractivity contribution in [2.24, 2.45) is 0 Å². The van der Waals surface area contributed by atoms with Crippen LogP contribution in [-0.4, -0.2) is 55.6 Å². The Bertz CT molecular complexity index is 364. The van der Waals surface area contributed by atoms with Gasteiger partial charge in [0.25, 0.3) is 0 Å². The molecule has 5 heteroatoms. The molecule has 5 nitrogen and oxygen atoms in total. The molecule has 0 radical (unpaired) electrons. The van der Waals surface area contributed by atoms with E-state index in [2.05, 4.69) is 53.0 Å². The molecule has 102 valence electrons. The number of hydrogen-bond donors (Lipinski definition) is 1. The van der Waals surface area contributed by atoms with Gasteiger partial charge < -0.3 is 15.1 Å². The van der Waals surface area contributed by atoms with Crippen molar-refractivity contribution in [2.45, 2.75) is 20.3 Å². The van der Waals surface area contributed by atoms with E-state index in [0.717, 1.165) is 37.4 Å². The van der Waals surface area contributed by atoms with Crippen LogP contribution < -0.4 is 10.2 Å². The van der Waals surface area contributed by atoms with Crippen molar-refractivity contribution in [2.75, 3.05) is 51.0 Å². The van der Waals surface area contributed by atoms with Crippen molar-refractivity contribution >= 4 is 11.8 Å². The first kappa shape index (κ1) is 14.7. The van der Waals surface area contributed by atoms with Gasteiger partial charge in [0.1, 0.15) is 5.82 Å². The number of nitrogens with one attached hydrogen (secondary N) is 1. The lowest BCUT2D eigenvalue weighted by atomic mass is 10.3. The number of aryl methyl sites for hydroxylation is 1. The molecule has 0 amide bonds. The first-order chi connectivity index (χ1) is 8.58. The van der Waals surface area contributed by atoms with Crippen LogP contribution >= 0.6 is 0 Å². The Morgan fingerprint density at radius 3 is 2.56 bits per heavy atom. The van der Waals surface area contributed by atoms with Gasteiger partial charge in [-0.2, -0.15) is 4.98 Å². The maximum atomic E-state index is 4.55. The van der Waals surface area contributed by atoms with Crippen LogP contribution in [0, 0.1) is 6.92 Å². The fourth-order valence-electron chi connectivity index (χ4n) is 1.87. The van der Waals surface area contributed by atoms with Gasteiger partial charge in [0, 0.05) is 31.9 Å². The van der Waals surface area contributed by atoms with Crippen LogP contribution in [0.1, 0.15) is 18.9 Å². The molecule has 0 spiro atoms. The van der Waals surface area contributed by atoms with E-state index in [-0.39, 0.29) is 0 Å². The highest BCUT2D eigenvalue weighted by Crippen LogP contribution is 2.17. The second kappa shape index (κ2) is 7.16. The Kier molecular flexibility index (Phi) is 5.85. The normalized spacial score (nSPS) is 10.8. The summed E-state index contributed by atoms with van der Waals surface area (Å²) >= 11 is 0. The Hall–Kier alpha value is -1.36. The zero-order valence-electron chi connectivity index (χ0n) is 12.2. The molecular formula is C13H25N5. The molecule has 0 saturated heterocycles. The molecule has 0 aliphatic heterocycles. The van der Waals surface area contributed by atoms with Gasteiger partial charge in [0.15, 0.2) is 0 Å². The molecule has 1 N–H and O–H groups in total. The molecule has 1 aromatic rings. The fraction of sp³-hybridized carbons (Fsp3) is 0.692. The van der Waals surface area contributed by atoms with Crippen molar-refractivity contribution in [3.63, 3.8) is 0 Å². The Labute approximate surface area is 110 Å². The molecule has 0 aromatic carbocycles. The van der Waals surface area contributed by atoms with Crippen LogP contribution in [0.2, 0.25) is 0 Å². The molecule has 1 heterocycles. The first-order valence-electron chi connectivity index (χ1n) is 6.49. The average Bonchev–Trinajstić information content (AvgIpc) is 2.35. The van der Waals surface area contributed by atoms with Gasteiger partial charge in [0.05, 0.1) is 0 Å². The van der Waals surface area contributed by atoms with Crippen LogP contribution in [-0.2, 0) is 0 Å². The highest BCUT2D eigenvalue weighted by molar-refractivity contribution is 5.48. The summed E-state index contributed by atoms with van der Waals surface area (Å²) in [5, 5.41) is 2.99. The van der Waals surface area contributed by atoms with Crippen LogP contribution in [0.25, 0.3) is 0 Å². The second-order valence-electron chi connectivity index (χ2n) is 4.69. The smallest absolute Gasteiger partial charge is 0.224 e. The number of hydrogen-bond acceptors (Lipinski definition) is 5. The molecule has 1 rings (SSSR count). The maximum absolute atomic E-state index is 4.55. The minimum atomic E-state index is 0.682. The SMILES string of the molecule is CCN(CCCN(C)C)c1nc(NC)ncc1C. The molecule has 0 unspecified atom stereocenters. The summed E-state index contributed by atoms with van der Waals surface area (Å²) in [6.45, 7) is 7.31.